The minimum Gasteiger partial charge on any atom is -0.356 e. The van der Waals surface area contributed by atoms with E-state index >= 15 is 0 Å². The van der Waals surface area contributed by atoms with Crippen molar-refractivity contribution in [2.75, 3.05) is 18.4 Å². The van der Waals surface area contributed by atoms with Crippen molar-refractivity contribution in [1.29, 1.82) is 0 Å². The van der Waals surface area contributed by atoms with Gasteiger partial charge in [0.05, 0.1) is 33.5 Å². The lowest BCUT2D eigenvalue weighted by atomic mass is 10.0. The minimum atomic E-state index is -0.897. The normalized spacial score (nSPS) is 14.6. The second-order valence-electron chi connectivity index (χ2n) is 6.99. The first-order chi connectivity index (χ1) is 14.4. The number of benzene rings is 1. The maximum Gasteiger partial charge on any atom is 0.272 e. The molecule has 0 radical (unpaired) electrons. The number of H-pyrrole nitrogens is 1. The molecule has 10 heteroatoms. The highest BCUT2D eigenvalue weighted by Crippen LogP contribution is 2.28. The minimum absolute atomic E-state index is 0.0561. The van der Waals surface area contributed by atoms with E-state index < -0.39 is 17.5 Å². The van der Waals surface area contributed by atoms with Crippen molar-refractivity contribution in [2.24, 2.45) is 0 Å². The number of ketones is 1. The molecule has 7 nitrogen and oxygen atoms in total. The maximum atomic E-state index is 14.3. The van der Waals surface area contributed by atoms with Gasteiger partial charge in [0.1, 0.15) is 5.69 Å². The van der Waals surface area contributed by atoms with Crippen LogP contribution in [0.4, 0.5) is 10.1 Å². The number of carbonyl (C=O) groups excluding carboxylic acids is 2. The van der Waals surface area contributed by atoms with Gasteiger partial charge >= 0.3 is 0 Å². The quantitative estimate of drug-likeness (QED) is 0.404. The topological polar surface area (TPSA) is 91.8 Å². The summed E-state index contributed by atoms with van der Waals surface area (Å²) in [6, 6.07) is 4.26. The smallest absolute Gasteiger partial charge is 0.272 e. The lowest BCUT2D eigenvalue weighted by molar-refractivity contribution is 0.102. The van der Waals surface area contributed by atoms with Crippen LogP contribution in [0.25, 0.3) is 0 Å². The van der Waals surface area contributed by atoms with Crippen molar-refractivity contribution in [1.82, 2.24) is 20.1 Å². The Morgan fingerprint density at radius 2 is 1.93 bits per heavy atom. The van der Waals surface area contributed by atoms with Crippen molar-refractivity contribution in [3.05, 3.63) is 69.5 Å². The first-order valence-electron chi connectivity index (χ1n) is 9.37. The Balaban J connectivity index is 1.48. The number of amides is 1. The van der Waals surface area contributed by atoms with Gasteiger partial charge in [0.25, 0.3) is 5.91 Å². The zero-order valence-corrected chi connectivity index (χ0v) is 17.2. The number of aromatic nitrogens is 3. The van der Waals surface area contributed by atoms with Crippen molar-refractivity contribution in [2.45, 2.75) is 18.9 Å². The van der Waals surface area contributed by atoms with Gasteiger partial charge in [-0.3, -0.25) is 14.3 Å². The Morgan fingerprint density at radius 1 is 1.20 bits per heavy atom. The highest BCUT2D eigenvalue weighted by atomic mass is 35.5. The molecule has 156 valence electrons. The number of rotatable bonds is 5. The summed E-state index contributed by atoms with van der Waals surface area (Å²) < 4.78 is 16.1. The summed E-state index contributed by atoms with van der Waals surface area (Å²) in [5.41, 5.74) is 0.448. The molecule has 4 rings (SSSR count). The van der Waals surface area contributed by atoms with Gasteiger partial charge < -0.3 is 15.6 Å². The Bertz CT molecular complexity index is 1100. The number of hydrogen-bond donors (Lipinski definition) is 3. The molecule has 1 aromatic carbocycles. The molecule has 1 saturated heterocycles. The van der Waals surface area contributed by atoms with Gasteiger partial charge in [-0.25, -0.2) is 4.39 Å². The van der Waals surface area contributed by atoms with E-state index in [-0.39, 0.29) is 26.9 Å². The number of aromatic amines is 1. The molecular formula is C20H18Cl2FN5O2. The summed E-state index contributed by atoms with van der Waals surface area (Å²) in [4.78, 5) is 27.9. The third-order valence-electron chi connectivity index (χ3n) is 5.00. The van der Waals surface area contributed by atoms with E-state index in [0.29, 0.717) is 11.7 Å². The van der Waals surface area contributed by atoms with Crippen LogP contribution < -0.4 is 10.6 Å². The molecule has 1 aliphatic heterocycles. The van der Waals surface area contributed by atoms with Gasteiger partial charge in [-0.2, -0.15) is 5.10 Å². The summed E-state index contributed by atoms with van der Waals surface area (Å²) in [5.74, 6) is -2.02. The number of halogens is 3. The SMILES string of the molecule is O=C(Nc1cnn(C2CCNCC2)c1)c1cc(C(=O)c2c(Cl)ccc(Cl)c2F)c[nH]1. The van der Waals surface area contributed by atoms with Crippen molar-refractivity contribution >= 4 is 40.6 Å². The number of nitrogens with one attached hydrogen (secondary N) is 3. The lowest BCUT2D eigenvalue weighted by Gasteiger charge is -2.22. The van der Waals surface area contributed by atoms with Crippen LogP contribution in [-0.4, -0.2) is 39.5 Å². The monoisotopic (exact) mass is 449 g/mol. The maximum absolute atomic E-state index is 14.3. The van der Waals surface area contributed by atoms with Gasteiger partial charge in [-0.1, -0.05) is 23.2 Å². The molecular weight excluding hydrogens is 432 g/mol. The summed E-state index contributed by atoms with van der Waals surface area (Å²) in [6.45, 7) is 1.87. The fourth-order valence-electron chi connectivity index (χ4n) is 3.41. The molecule has 3 heterocycles. The Kier molecular flexibility index (Phi) is 5.90. The average Bonchev–Trinajstić information content (AvgIpc) is 3.42. The lowest BCUT2D eigenvalue weighted by Crippen LogP contribution is -2.29. The van der Waals surface area contributed by atoms with Crippen LogP contribution in [0.1, 0.15) is 45.3 Å². The van der Waals surface area contributed by atoms with E-state index in [9.17, 15) is 14.0 Å². The van der Waals surface area contributed by atoms with E-state index in [0.717, 1.165) is 25.9 Å². The Labute approximate surface area is 181 Å². The molecule has 1 aliphatic rings. The zero-order chi connectivity index (χ0) is 21.3. The number of hydrogen-bond acceptors (Lipinski definition) is 4. The third kappa shape index (κ3) is 4.12. The van der Waals surface area contributed by atoms with Crippen LogP contribution in [-0.2, 0) is 0 Å². The molecule has 1 fully saturated rings. The van der Waals surface area contributed by atoms with Gasteiger partial charge in [-0.05, 0) is 44.1 Å². The molecule has 3 aromatic rings. The molecule has 0 spiro atoms. The van der Waals surface area contributed by atoms with Gasteiger partial charge in [0.2, 0.25) is 0 Å². The van der Waals surface area contributed by atoms with Crippen LogP contribution in [0.5, 0.6) is 0 Å². The molecule has 2 aromatic heterocycles. The summed E-state index contributed by atoms with van der Waals surface area (Å²) >= 11 is 11.7. The van der Waals surface area contributed by atoms with Crippen LogP contribution in [0.3, 0.4) is 0 Å². The number of nitrogens with zero attached hydrogens (tertiary/aromatic N) is 2. The van der Waals surface area contributed by atoms with Gasteiger partial charge in [-0.15, -0.1) is 0 Å². The van der Waals surface area contributed by atoms with Crippen LogP contribution >= 0.6 is 23.2 Å². The molecule has 0 saturated carbocycles. The first-order valence-corrected chi connectivity index (χ1v) is 10.1. The number of piperidine rings is 1. The second-order valence-corrected chi connectivity index (χ2v) is 7.81. The summed E-state index contributed by atoms with van der Waals surface area (Å²) in [7, 11) is 0. The number of carbonyl (C=O) groups is 2. The fourth-order valence-corrected chi connectivity index (χ4v) is 3.80. The largest absolute Gasteiger partial charge is 0.356 e. The Hall–Kier alpha value is -2.68. The fraction of sp³-hybridized carbons (Fsp3) is 0.250. The number of anilines is 1. The highest BCUT2D eigenvalue weighted by Gasteiger charge is 2.22. The van der Waals surface area contributed by atoms with Gasteiger partial charge in [0.15, 0.2) is 11.6 Å². The highest BCUT2D eigenvalue weighted by molar-refractivity contribution is 6.37. The van der Waals surface area contributed by atoms with Gasteiger partial charge in [0, 0.05) is 18.0 Å². The van der Waals surface area contributed by atoms with E-state index in [4.69, 9.17) is 23.2 Å². The summed E-state index contributed by atoms with van der Waals surface area (Å²) in [5, 5.41) is 10.1. The predicted octanol–water partition coefficient (Wildman–Crippen LogP) is 4.06. The Morgan fingerprint density at radius 3 is 2.70 bits per heavy atom. The second kappa shape index (κ2) is 8.59. The molecule has 0 unspecified atom stereocenters. The van der Waals surface area contributed by atoms with E-state index in [1.165, 1.54) is 24.4 Å². The molecule has 3 N–H and O–H groups in total. The van der Waals surface area contributed by atoms with Crippen LogP contribution in [0.15, 0.2) is 36.8 Å². The molecule has 0 bridgehead atoms. The van der Waals surface area contributed by atoms with Crippen LogP contribution in [0.2, 0.25) is 10.0 Å². The standard InChI is InChI=1S/C20H18Cl2FN5O2/c21-14-1-2-15(22)18(23)17(14)19(29)11-7-16(25-8-11)20(30)27-12-9-26-28(10-12)13-3-5-24-6-4-13/h1-2,7-10,13,24-25H,3-6H2,(H,27,30). The predicted molar refractivity (Wildman–Crippen MR) is 112 cm³/mol. The van der Waals surface area contributed by atoms with Crippen molar-refractivity contribution < 1.29 is 14.0 Å². The zero-order valence-electron chi connectivity index (χ0n) is 15.7. The van der Waals surface area contributed by atoms with Crippen molar-refractivity contribution in [3.8, 4) is 0 Å². The molecule has 0 atom stereocenters. The molecule has 1 amide bonds. The van der Waals surface area contributed by atoms with E-state index in [2.05, 4.69) is 20.7 Å². The van der Waals surface area contributed by atoms with Crippen LogP contribution in [0, 0.1) is 5.82 Å². The summed E-state index contributed by atoms with van der Waals surface area (Å²) in [6.07, 6.45) is 6.63. The third-order valence-corrected chi connectivity index (χ3v) is 5.61. The van der Waals surface area contributed by atoms with E-state index in [1.54, 1.807) is 12.4 Å². The van der Waals surface area contributed by atoms with E-state index in [1.807, 2.05) is 4.68 Å². The molecule has 30 heavy (non-hydrogen) atoms. The first kappa shape index (κ1) is 20.6. The average molecular weight is 450 g/mol. The van der Waals surface area contributed by atoms with Crippen molar-refractivity contribution in [3.63, 3.8) is 0 Å². The molecule has 0 aliphatic carbocycles.